The van der Waals surface area contributed by atoms with Gasteiger partial charge in [0.2, 0.25) is 0 Å². The van der Waals surface area contributed by atoms with Crippen molar-refractivity contribution in [3.05, 3.63) is 21.4 Å². The van der Waals surface area contributed by atoms with Gasteiger partial charge in [-0.05, 0) is 37.7 Å². The maximum Gasteiger partial charge on any atom is 0.170 e. The lowest BCUT2D eigenvalue weighted by Crippen LogP contribution is -1.97. The van der Waals surface area contributed by atoms with Crippen LogP contribution in [0.1, 0.15) is 40.6 Å². The Morgan fingerprint density at radius 3 is 2.93 bits per heavy atom. The summed E-state index contributed by atoms with van der Waals surface area (Å²) in [5, 5.41) is 10.7. The molecule has 1 aliphatic carbocycles. The van der Waals surface area contributed by atoms with Crippen LogP contribution in [0.3, 0.4) is 0 Å². The molecule has 1 aromatic heterocycles. The van der Waals surface area contributed by atoms with Gasteiger partial charge in [0.1, 0.15) is 6.07 Å². The monoisotopic (exact) mass is 205 g/mol. The van der Waals surface area contributed by atoms with E-state index in [1.165, 1.54) is 24.2 Å². The maximum atomic E-state index is 11.3. The van der Waals surface area contributed by atoms with Crippen molar-refractivity contribution in [2.75, 3.05) is 0 Å². The summed E-state index contributed by atoms with van der Waals surface area (Å²) < 4.78 is 0. The van der Waals surface area contributed by atoms with Gasteiger partial charge in [-0.25, -0.2) is 0 Å². The van der Waals surface area contributed by atoms with Crippen LogP contribution in [0.25, 0.3) is 0 Å². The summed E-state index contributed by atoms with van der Waals surface area (Å²) in [6.45, 7) is 1.57. The zero-order valence-electron chi connectivity index (χ0n) is 8.04. The van der Waals surface area contributed by atoms with Crippen LogP contribution in [-0.2, 0) is 6.42 Å². The van der Waals surface area contributed by atoms with E-state index in [2.05, 4.69) is 6.07 Å². The van der Waals surface area contributed by atoms with E-state index in [9.17, 15) is 4.79 Å². The van der Waals surface area contributed by atoms with Crippen LogP contribution in [0.5, 0.6) is 0 Å². The van der Waals surface area contributed by atoms with Crippen molar-refractivity contribution >= 4 is 17.1 Å². The number of nitriles is 1. The van der Waals surface area contributed by atoms with E-state index in [1.54, 1.807) is 12.3 Å². The molecule has 0 aromatic carbocycles. The first-order chi connectivity index (χ1) is 6.72. The number of hydrogen-bond acceptors (Lipinski definition) is 3. The van der Waals surface area contributed by atoms with Crippen molar-refractivity contribution in [1.29, 1.82) is 5.26 Å². The molecule has 1 aliphatic rings. The van der Waals surface area contributed by atoms with Crippen LogP contribution < -0.4 is 0 Å². The summed E-state index contributed by atoms with van der Waals surface area (Å²) in [5.74, 6) is 0.807. The van der Waals surface area contributed by atoms with Crippen LogP contribution in [0.4, 0.5) is 0 Å². The van der Waals surface area contributed by atoms with E-state index >= 15 is 0 Å². The Kier molecular flexibility index (Phi) is 2.39. The third kappa shape index (κ3) is 1.71. The van der Waals surface area contributed by atoms with E-state index in [-0.39, 0.29) is 5.78 Å². The highest BCUT2D eigenvalue weighted by Gasteiger charge is 2.26. The number of carbonyl (C=O) groups excluding carboxylic acids is 1. The van der Waals surface area contributed by atoms with Gasteiger partial charge < -0.3 is 0 Å². The molecule has 1 aromatic rings. The predicted molar refractivity (Wildman–Crippen MR) is 55.5 cm³/mol. The van der Waals surface area contributed by atoms with Crippen LogP contribution in [0, 0.1) is 17.2 Å². The minimum atomic E-state index is 0.0900. The SMILES string of the molecule is CC(=O)c1scc(C#N)c1CC1CC1. The van der Waals surface area contributed by atoms with Crippen molar-refractivity contribution in [1.82, 2.24) is 0 Å². The molecule has 0 aliphatic heterocycles. The summed E-state index contributed by atoms with van der Waals surface area (Å²) in [5.41, 5.74) is 1.69. The predicted octanol–water partition coefficient (Wildman–Crippen LogP) is 2.77. The fourth-order valence-electron chi connectivity index (χ4n) is 1.59. The molecule has 0 bridgehead atoms. The van der Waals surface area contributed by atoms with Crippen LogP contribution in [0.2, 0.25) is 0 Å². The molecule has 0 N–H and O–H groups in total. The maximum absolute atomic E-state index is 11.3. The van der Waals surface area contributed by atoms with E-state index in [4.69, 9.17) is 5.26 Å². The third-order valence-electron chi connectivity index (χ3n) is 2.52. The van der Waals surface area contributed by atoms with Crippen molar-refractivity contribution < 1.29 is 4.79 Å². The highest BCUT2D eigenvalue weighted by atomic mass is 32.1. The van der Waals surface area contributed by atoms with Crippen molar-refractivity contribution in [2.24, 2.45) is 5.92 Å². The molecular weight excluding hydrogens is 194 g/mol. The average molecular weight is 205 g/mol. The Bertz CT molecular complexity index is 409. The topological polar surface area (TPSA) is 40.9 Å². The fraction of sp³-hybridized carbons (Fsp3) is 0.455. The molecule has 0 spiro atoms. The van der Waals surface area contributed by atoms with Gasteiger partial charge in [-0.15, -0.1) is 11.3 Å². The molecule has 2 rings (SSSR count). The van der Waals surface area contributed by atoms with Crippen molar-refractivity contribution in [2.45, 2.75) is 26.2 Å². The zero-order chi connectivity index (χ0) is 10.1. The summed E-state index contributed by atoms with van der Waals surface area (Å²) in [6.07, 6.45) is 3.41. The lowest BCUT2D eigenvalue weighted by molar-refractivity contribution is 0.102. The number of ketones is 1. The first-order valence-electron chi connectivity index (χ1n) is 4.73. The summed E-state index contributed by atoms with van der Waals surface area (Å²) >= 11 is 1.41. The summed E-state index contributed by atoms with van der Waals surface area (Å²) in [4.78, 5) is 12.1. The first kappa shape index (κ1) is 9.42. The normalized spacial score (nSPS) is 15.1. The van der Waals surface area contributed by atoms with Crippen LogP contribution in [-0.4, -0.2) is 5.78 Å². The first-order valence-corrected chi connectivity index (χ1v) is 5.61. The number of thiophene rings is 1. The molecule has 0 unspecified atom stereocenters. The second kappa shape index (κ2) is 3.55. The molecule has 14 heavy (non-hydrogen) atoms. The molecule has 72 valence electrons. The lowest BCUT2D eigenvalue weighted by atomic mass is 10.0. The van der Waals surface area contributed by atoms with Crippen molar-refractivity contribution in [3.8, 4) is 6.07 Å². The average Bonchev–Trinajstić information content (AvgIpc) is 2.84. The Morgan fingerprint density at radius 2 is 2.43 bits per heavy atom. The molecule has 3 heteroatoms. The van der Waals surface area contributed by atoms with Gasteiger partial charge in [0.25, 0.3) is 0 Å². The van der Waals surface area contributed by atoms with Gasteiger partial charge in [-0.2, -0.15) is 5.26 Å². The highest BCUT2D eigenvalue weighted by Crippen LogP contribution is 2.36. The van der Waals surface area contributed by atoms with E-state index in [0.717, 1.165) is 22.8 Å². The Balaban J connectivity index is 2.35. The van der Waals surface area contributed by atoms with Gasteiger partial charge in [-0.3, -0.25) is 4.79 Å². The molecule has 1 saturated carbocycles. The number of carbonyl (C=O) groups is 1. The molecular formula is C11H11NOS. The number of hydrogen-bond donors (Lipinski definition) is 0. The molecule has 0 atom stereocenters. The minimum Gasteiger partial charge on any atom is -0.294 e. The molecule has 1 fully saturated rings. The van der Waals surface area contributed by atoms with Crippen LogP contribution in [0.15, 0.2) is 5.38 Å². The molecule has 1 heterocycles. The third-order valence-corrected chi connectivity index (χ3v) is 3.65. The van der Waals surface area contributed by atoms with Gasteiger partial charge >= 0.3 is 0 Å². The molecule has 0 radical (unpaired) electrons. The highest BCUT2D eigenvalue weighted by molar-refractivity contribution is 7.12. The summed E-state index contributed by atoms with van der Waals surface area (Å²) in [6, 6.07) is 2.16. The van der Waals surface area contributed by atoms with Crippen molar-refractivity contribution in [3.63, 3.8) is 0 Å². The standard InChI is InChI=1S/C11H11NOS/c1-7(13)11-10(4-8-2-3-8)9(5-12)6-14-11/h6,8H,2-4H2,1H3. The Hall–Kier alpha value is -1.14. The van der Waals surface area contributed by atoms with Crippen LogP contribution >= 0.6 is 11.3 Å². The molecule has 0 amide bonds. The van der Waals surface area contributed by atoms with Gasteiger partial charge in [0, 0.05) is 5.38 Å². The summed E-state index contributed by atoms with van der Waals surface area (Å²) in [7, 11) is 0. The smallest absolute Gasteiger partial charge is 0.170 e. The van der Waals surface area contributed by atoms with E-state index in [0.29, 0.717) is 5.56 Å². The number of nitrogens with zero attached hydrogens (tertiary/aromatic N) is 1. The fourth-order valence-corrected chi connectivity index (χ4v) is 2.52. The van der Waals surface area contributed by atoms with E-state index < -0.39 is 0 Å². The number of Topliss-reactive ketones (excluding diaryl/α,β-unsaturated/α-hetero) is 1. The Morgan fingerprint density at radius 1 is 1.71 bits per heavy atom. The Labute approximate surface area is 87.2 Å². The lowest BCUT2D eigenvalue weighted by Gasteiger charge is -1.99. The molecule has 2 nitrogen and oxygen atoms in total. The minimum absolute atomic E-state index is 0.0900. The quantitative estimate of drug-likeness (QED) is 0.712. The molecule has 0 saturated heterocycles. The largest absolute Gasteiger partial charge is 0.294 e. The second-order valence-corrected chi connectivity index (χ2v) is 4.65. The zero-order valence-corrected chi connectivity index (χ0v) is 8.86. The van der Waals surface area contributed by atoms with Gasteiger partial charge in [0.05, 0.1) is 10.4 Å². The second-order valence-electron chi connectivity index (χ2n) is 3.77. The van der Waals surface area contributed by atoms with Gasteiger partial charge in [-0.1, -0.05) is 0 Å². The van der Waals surface area contributed by atoms with Gasteiger partial charge in [0.15, 0.2) is 5.78 Å². The number of rotatable bonds is 3. The van der Waals surface area contributed by atoms with E-state index in [1.807, 2.05) is 0 Å².